The molecule has 2 heterocycles. The van der Waals surface area contributed by atoms with Gasteiger partial charge in [0.2, 0.25) is 0 Å². The largest absolute Gasteiger partial charge is 0.344 e. The zero-order valence-electron chi connectivity index (χ0n) is 13.1. The van der Waals surface area contributed by atoms with Gasteiger partial charge < -0.3 is 5.32 Å². The maximum atomic E-state index is 12.5. The van der Waals surface area contributed by atoms with Crippen molar-refractivity contribution in [2.45, 2.75) is 46.7 Å². The van der Waals surface area contributed by atoms with Crippen LogP contribution in [0.15, 0.2) is 24.5 Å². The van der Waals surface area contributed by atoms with Crippen LogP contribution in [0.5, 0.6) is 0 Å². The van der Waals surface area contributed by atoms with Crippen LogP contribution in [0.3, 0.4) is 0 Å². The second-order valence-electron chi connectivity index (χ2n) is 5.10. The van der Waals surface area contributed by atoms with Crippen molar-refractivity contribution in [3.8, 4) is 0 Å². The van der Waals surface area contributed by atoms with Gasteiger partial charge in [-0.3, -0.25) is 14.5 Å². The number of aryl methyl sites for hydroxylation is 2. The van der Waals surface area contributed by atoms with Crippen LogP contribution in [0.1, 0.15) is 53.6 Å². The standard InChI is InChI=1S/C16H22N4O/c1-5-14(15-11(3)8-7-9-17-15)19-16(21)13-10-18-20(6-2)12(13)4/h7-10,14H,5-6H2,1-4H3,(H,19,21)/t14-/m0/s1. The summed E-state index contributed by atoms with van der Waals surface area (Å²) in [6, 6.07) is 3.84. The Morgan fingerprint density at radius 3 is 2.71 bits per heavy atom. The van der Waals surface area contributed by atoms with Crippen molar-refractivity contribution in [1.29, 1.82) is 0 Å². The van der Waals surface area contributed by atoms with Gasteiger partial charge in [0.25, 0.3) is 5.91 Å². The van der Waals surface area contributed by atoms with Gasteiger partial charge in [-0.05, 0) is 38.8 Å². The van der Waals surface area contributed by atoms with Gasteiger partial charge in [0.1, 0.15) is 0 Å². The van der Waals surface area contributed by atoms with E-state index >= 15 is 0 Å². The Labute approximate surface area is 125 Å². The molecule has 5 nitrogen and oxygen atoms in total. The van der Waals surface area contributed by atoms with E-state index in [4.69, 9.17) is 0 Å². The molecule has 0 aromatic carbocycles. The number of aromatic nitrogens is 3. The lowest BCUT2D eigenvalue weighted by Gasteiger charge is -2.18. The molecule has 21 heavy (non-hydrogen) atoms. The number of pyridine rings is 1. The second kappa shape index (κ2) is 6.52. The summed E-state index contributed by atoms with van der Waals surface area (Å²) in [7, 11) is 0. The molecule has 0 saturated heterocycles. The van der Waals surface area contributed by atoms with Gasteiger partial charge in [-0.2, -0.15) is 5.10 Å². The zero-order valence-corrected chi connectivity index (χ0v) is 13.1. The molecule has 2 aromatic heterocycles. The molecular weight excluding hydrogens is 264 g/mol. The van der Waals surface area contributed by atoms with E-state index in [-0.39, 0.29) is 11.9 Å². The summed E-state index contributed by atoms with van der Waals surface area (Å²) in [6.45, 7) is 8.74. The minimum absolute atomic E-state index is 0.0805. The van der Waals surface area contributed by atoms with Crippen LogP contribution in [-0.2, 0) is 6.54 Å². The maximum Gasteiger partial charge on any atom is 0.255 e. The van der Waals surface area contributed by atoms with Crippen molar-refractivity contribution < 1.29 is 4.79 Å². The van der Waals surface area contributed by atoms with Crippen LogP contribution < -0.4 is 5.32 Å². The van der Waals surface area contributed by atoms with Crippen LogP contribution >= 0.6 is 0 Å². The fourth-order valence-corrected chi connectivity index (χ4v) is 2.45. The maximum absolute atomic E-state index is 12.5. The topological polar surface area (TPSA) is 59.8 Å². The van der Waals surface area contributed by atoms with Crippen molar-refractivity contribution in [3.05, 3.63) is 47.0 Å². The summed E-state index contributed by atoms with van der Waals surface area (Å²) in [5.41, 5.74) is 3.53. The molecule has 1 amide bonds. The molecule has 0 spiro atoms. The van der Waals surface area contributed by atoms with Crippen LogP contribution in [0.25, 0.3) is 0 Å². The third kappa shape index (κ3) is 3.12. The van der Waals surface area contributed by atoms with E-state index in [2.05, 4.69) is 15.4 Å². The van der Waals surface area contributed by atoms with Gasteiger partial charge in [-0.1, -0.05) is 13.0 Å². The normalized spacial score (nSPS) is 12.2. The Morgan fingerprint density at radius 1 is 1.38 bits per heavy atom. The molecule has 0 unspecified atom stereocenters. The summed E-state index contributed by atoms with van der Waals surface area (Å²) < 4.78 is 1.82. The highest BCUT2D eigenvalue weighted by molar-refractivity contribution is 5.95. The van der Waals surface area contributed by atoms with E-state index in [0.29, 0.717) is 5.56 Å². The predicted molar refractivity (Wildman–Crippen MR) is 82.1 cm³/mol. The third-order valence-electron chi connectivity index (χ3n) is 3.74. The molecule has 1 N–H and O–H groups in total. The SMILES string of the molecule is CC[C@H](NC(=O)c1cnn(CC)c1C)c1ncccc1C. The summed E-state index contributed by atoms with van der Waals surface area (Å²) in [6.07, 6.45) is 4.19. The number of carbonyl (C=O) groups excluding carboxylic acids is 1. The quantitative estimate of drug-likeness (QED) is 0.919. The number of hydrogen-bond donors (Lipinski definition) is 1. The van der Waals surface area contributed by atoms with E-state index in [9.17, 15) is 4.79 Å². The van der Waals surface area contributed by atoms with Gasteiger partial charge in [-0.15, -0.1) is 0 Å². The monoisotopic (exact) mass is 286 g/mol. The molecule has 2 rings (SSSR count). The molecule has 0 saturated carbocycles. The van der Waals surface area contributed by atoms with Gasteiger partial charge in [0.05, 0.1) is 23.5 Å². The Kier molecular flexibility index (Phi) is 4.73. The average molecular weight is 286 g/mol. The average Bonchev–Trinajstić information content (AvgIpc) is 2.86. The molecule has 1 atom stereocenters. The molecular formula is C16H22N4O. The number of hydrogen-bond acceptors (Lipinski definition) is 3. The van der Waals surface area contributed by atoms with Crippen LogP contribution in [-0.4, -0.2) is 20.7 Å². The van der Waals surface area contributed by atoms with Crippen LogP contribution in [0.2, 0.25) is 0 Å². The van der Waals surface area contributed by atoms with Crippen molar-refractivity contribution in [1.82, 2.24) is 20.1 Å². The van der Waals surface area contributed by atoms with Gasteiger partial charge in [0.15, 0.2) is 0 Å². The van der Waals surface area contributed by atoms with Gasteiger partial charge in [-0.25, -0.2) is 0 Å². The van der Waals surface area contributed by atoms with Crippen molar-refractivity contribution >= 4 is 5.91 Å². The summed E-state index contributed by atoms with van der Waals surface area (Å²) in [5.74, 6) is -0.0934. The molecule has 0 aliphatic carbocycles. The highest BCUT2D eigenvalue weighted by atomic mass is 16.1. The van der Waals surface area contributed by atoms with Crippen LogP contribution in [0, 0.1) is 13.8 Å². The molecule has 0 bridgehead atoms. The smallest absolute Gasteiger partial charge is 0.255 e. The molecule has 5 heteroatoms. The molecule has 0 radical (unpaired) electrons. The number of amides is 1. The third-order valence-corrected chi connectivity index (χ3v) is 3.74. The van der Waals surface area contributed by atoms with E-state index in [1.165, 1.54) is 0 Å². The Morgan fingerprint density at radius 2 is 2.14 bits per heavy atom. The van der Waals surface area contributed by atoms with Crippen molar-refractivity contribution in [2.24, 2.45) is 0 Å². The Hall–Kier alpha value is -2.17. The lowest BCUT2D eigenvalue weighted by Crippen LogP contribution is -2.29. The summed E-state index contributed by atoms with van der Waals surface area (Å²) >= 11 is 0. The molecule has 0 aliphatic rings. The summed E-state index contributed by atoms with van der Waals surface area (Å²) in [5, 5.41) is 7.28. The van der Waals surface area contributed by atoms with E-state index in [0.717, 1.165) is 29.9 Å². The number of nitrogens with zero attached hydrogens (tertiary/aromatic N) is 3. The Balaban J connectivity index is 2.20. The number of nitrogens with one attached hydrogen (secondary N) is 1. The highest BCUT2D eigenvalue weighted by Gasteiger charge is 2.19. The van der Waals surface area contributed by atoms with Crippen molar-refractivity contribution in [3.63, 3.8) is 0 Å². The highest BCUT2D eigenvalue weighted by Crippen LogP contribution is 2.19. The fraction of sp³-hybridized carbons (Fsp3) is 0.438. The van der Waals surface area contributed by atoms with E-state index in [1.807, 2.05) is 44.5 Å². The zero-order chi connectivity index (χ0) is 15.4. The molecule has 2 aromatic rings. The van der Waals surface area contributed by atoms with E-state index in [1.54, 1.807) is 12.4 Å². The molecule has 112 valence electrons. The molecule has 0 aliphatic heterocycles. The lowest BCUT2D eigenvalue weighted by atomic mass is 10.1. The van der Waals surface area contributed by atoms with Crippen molar-refractivity contribution in [2.75, 3.05) is 0 Å². The second-order valence-corrected chi connectivity index (χ2v) is 5.10. The lowest BCUT2D eigenvalue weighted by molar-refractivity contribution is 0.0934. The summed E-state index contributed by atoms with van der Waals surface area (Å²) in [4.78, 5) is 16.9. The first kappa shape index (κ1) is 15.2. The van der Waals surface area contributed by atoms with Gasteiger partial charge >= 0.3 is 0 Å². The molecule has 0 fully saturated rings. The predicted octanol–water partition coefficient (Wildman–Crippen LogP) is 2.80. The minimum atomic E-state index is -0.0934. The minimum Gasteiger partial charge on any atom is -0.344 e. The first-order chi connectivity index (χ1) is 10.1. The van der Waals surface area contributed by atoms with Crippen LogP contribution in [0.4, 0.5) is 0 Å². The van der Waals surface area contributed by atoms with E-state index < -0.39 is 0 Å². The fourth-order valence-electron chi connectivity index (χ4n) is 2.45. The number of rotatable bonds is 5. The van der Waals surface area contributed by atoms with Gasteiger partial charge in [0, 0.05) is 18.4 Å². The Bertz CT molecular complexity index is 633. The number of carbonyl (C=O) groups is 1. The first-order valence-corrected chi connectivity index (χ1v) is 7.33. The first-order valence-electron chi connectivity index (χ1n) is 7.33.